The molecule has 0 atom stereocenters. The van der Waals surface area contributed by atoms with Gasteiger partial charge in [0.25, 0.3) is 0 Å². The van der Waals surface area contributed by atoms with Crippen LogP contribution >= 0.6 is 0 Å². The van der Waals surface area contributed by atoms with Crippen molar-refractivity contribution < 1.29 is 4.74 Å². The van der Waals surface area contributed by atoms with Gasteiger partial charge in [-0.05, 0) is 86.1 Å². The number of unbranched alkanes of at least 4 members (excludes halogenated alkanes) is 2. The molecule has 0 spiro atoms. The first kappa shape index (κ1) is 22.8. The lowest BCUT2D eigenvalue weighted by Gasteiger charge is -2.34. The van der Waals surface area contributed by atoms with Crippen molar-refractivity contribution >= 4 is 0 Å². The molecule has 0 aromatic rings. The average Bonchev–Trinajstić information content (AvgIpc) is 2.56. The van der Waals surface area contributed by atoms with Crippen LogP contribution < -0.4 is 5.73 Å². The summed E-state index contributed by atoms with van der Waals surface area (Å²) in [7, 11) is 2.23. The Bertz CT molecular complexity index is 311. The molecule has 0 aliphatic carbocycles. The molecule has 0 unspecified atom stereocenters. The van der Waals surface area contributed by atoms with Crippen molar-refractivity contribution in [1.29, 1.82) is 0 Å². The molecule has 0 aromatic carbocycles. The second kappa shape index (κ2) is 13.0. The fourth-order valence-electron chi connectivity index (χ4n) is 3.26. The number of hydrogen-bond acceptors (Lipinski definition) is 5. The molecule has 1 aliphatic rings. The maximum Gasteiger partial charge on any atom is 0.0598 e. The highest BCUT2D eigenvalue weighted by molar-refractivity contribution is 4.72. The standard InChI is InChI=1S/C20H44N4O/c1-20(2,3)25-19-9-12-22(4)11-7-8-14-24-17-15-23(16-18-24)13-6-5-10-21/h5-19,21H2,1-4H3. The molecule has 5 nitrogen and oxygen atoms in total. The van der Waals surface area contributed by atoms with Gasteiger partial charge in [0.05, 0.1) is 5.60 Å². The third-order valence-electron chi connectivity index (χ3n) is 4.88. The molecule has 1 fully saturated rings. The SMILES string of the molecule is CN(CCCCN1CCN(CCCCN)CC1)CCCOC(C)(C)C. The molecule has 0 aromatic heterocycles. The Balaban J connectivity index is 1.94. The fraction of sp³-hybridized carbons (Fsp3) is 1.00. The fourth-order valence-corrected chi connectivity index (χ4v) is 3.26. The first-order valence-electron chi connectivity index (χ1n) is 10.4. The van der Waals surface area contributed by atoms with Crippen LogP contribution in [0, 0.1) is 0 Å². The highest BCUT2D eigenvalue weighted by Crippen LogP contribution is 2.08. The van der Waals surface area contributed by atoms with Crippen LogP contribution in [0.2, 0.25) is 0 Å². The Kier molecular flexibility index (Phi) is 11.9. The van der Waals surface area contributed by atoms with Crippen molar-refractivity contribution in [3.63, 3.8) is 0 Å². The summed E-state index contributed by atoms with van der Waals surface area (Å²) in [5, 5.41) is 0. The van der Waals surface area contributed by atoms with Crippen molar-refractivity contribution in [3.05, 3.63) is 0 Å². The molecule has 0 bridgehead atoms. The molecule has 0 radical (unpaired) electrons. The van der Waals surface area contributed by atoms with Crippen LogP contribution in [-0.4, -0.2) is 92.9 Å². The third kappa shape index (κ3) is 12.7. The van der Waals surface area contributed by atoms with Crippen LogP contribution in [0.5, 0.6) is 0 Å². The predicted molar refractivity (Wildman–Crippen MR) is 108 cm³/mol. The lowest BCUT2D eigenvalue weighted by Crippen LogP contribution is -2.46. The second-order valence-corrected chi connectivity index (χ2v) is 8.50. The Morgan fingerprint density at radius 2 is 1.36 bits per heavy atom. The van der Waals surface area contributed by atoms with Crippen molar-refractivity contribution in [2.24, 2.45) is 5.73 Å². The Labute approximate surface area is 156 Å². The summed E-state index contributed by atoms with van der Waals surface area (Å²) in [4.78, 5) is 7.68. The quantitative estimate of drug-likeness (QED) is 0.513. The summed E-state index contributed by atoms with van der Waals surface area (Å²) in [6.07, 6.45) is 6.16. The zero-order chi connectivity index (χ0) is 18.5. The van der Waals surface area contributed by atoms with Crippen LogP contribution in [-0.2, 0) is 4.74 Å². The molecular formula is C20H44N4O. The van der Waals surface area contributed by atoms with E-state index in [2.05, 4.69) is 42.5 Å². The highest BCUT2D eigenvalue weighted by Gasteiger charge is 2.15. The molecule has 1 rings (SSSR count). The van der Waals surface area contributed by atoms with Gasteiger partial charge in [-0.3, -0.25) is 0 Å². The largest absolute Gasteiger partial charge is 0.376 e. The van der Waals surface area contributed by atoms with E-state index < -0.39 is 0 Å². The Hall–Kier alpha value is -0.200. The van der Waals surface area contributed by atoms with Gasteiger partial charge in [0.15, 0.2) is 0 Å². The number of rotatable bonds is 13. The van der Waals surface area contributed by atoms with Crippen molar-refractivity contribution in [2.75, 3.05) is 72.6 Å². The van der Waals surface area contributed by atoms with Crippen molar-refractivity contribution in [2.45, 2.75) is 58.5 Å². The van der Waals surface area contributed by atoms with Crippen molar-refractivity contribution in [1.82, 2.24) is 14.7 Å². The van der Waals surface area contributed by atoms with E-state index in [4.69, 9.17) is 10.5 Å². The second-order valence-electron chi connectivity index (χ2n) is 8.50. The van der Waals surface area contributed by atoms with Gasteiger partial charge >= 0.3 is 0 Å². The molecule has 0 amide bonds. The monoisotopic (exact) mass is 356 g/mol. The zero-order valence-corrected chi connectivity index (χ0v) is 17.4. The van der Waals surface area contributed by atoms with Crippen LogP contribution in [0.15, 0.2) is 0 Å². The summed E-state index contributed by atoms with van der Waals surface area (Å²) in [6.45, 7) is 17.8. The van der Waals surface area contributed by atoms with Gasteiger partial charge in [0, 0.05) is 39.3 Å². The number of piperazine rings is 1. The summed E-state index contributed by atoms with van der Waals surface area (Å²) < 4.78 is 5.78. The Morgan fingerprint density at radius 3 is 1.88 bits per heavy atom. The lowest BCUT2D eigenvalue weighted by atomic mass is 10.2. The van der Waals surface area contributed by atoms with E-state index in [1.165, 1.54) is 65.1 Å². The molecule has 5 heteroatoms. The maximum absolute atomic E-state index is 5.78. The maximum atomic E-state index is 5.78. The normalized spacial score (nSPS) is 17.5. The molecule has 150 valence electrons. The molecule has 0 saturated carbocycles. The van der Waals surface area contributed by atoms with E-state index in [9.17, 15) is 0 Å². The minimum absolute atomic E-state index is 0.00693. The third-order valence-corrected chi connectivity index (χ3v) is 4.88. The first-order chi connectivity index (χ1) is 11.9. The van der Waals surface area contributed by atoms with Crippen LogP contribution in [0.3, 0.4) is 0 Å². The molecule has 1 heterocycles. The number of ether oxygens (including phenoxy) is 1. The van der Waals surface area contributed by atoms with E-state index >= 15 is 0 Å². The van der Waals surface area contributed by atoms with Crippen LogP contribution in [0.1, 0.15) is 52.9 Å². The van der Waals surface area contributed by atoms with Gasteiger partial charge in [-0.15, -0.1) is 0 Å². The van der Waals surface area contributed by atoms with E-state index in [1.54, 1.807) is 0 Å². The van der Waals surface area contributed by atoms with E-state index in [1.807, 2.05) is 0 Å². The van der Waals surface area contributed by atoms with Gasteiger partial charge in [-0.2, -0.15) is 0 Å². The van der Waals surface area contributed by atoms with Gasteiger partial charge in [0.1, 0.15) is 0 Å². The van der Waals surface area contributed by atoms with Crippen LogP contribution in [0.25, 0.3) is 0 Å². The number of hydrogen-bond donors (Lipinski definition) is 1. The Morgan fingerprint density at radius 1 is 0.840 bits per heavy atom. The summed E-state index contributed by atoms with van der Waals surface area (Å²) >= 11 is 0. The summed E-state index contributed by atoms with van der Waals surface area (Å²) in [5.41, 5.74) is 5.56. The minimum Gasteiger partial charge on any atom is -0.376 e. The van der Waals surface area contributed by atoms with Crippen LogP contribution in [0.4, 0.5) is 0 Å². The van der Waals surface area contributed by atoms with E-state index in [-0.39, 0.29) is 5.60 Å². The summed E-state index contributed by atoms with van der Waals surface area (Å²) in [6, 6.07) is 0. The molecular weight excluding hydrogens is 312 g/mol. The first-order valence-corrected chi connectivity index (χ1v) is 10.4. The lowest BCUT2D eigenvalue weighted by molar-refractivity contribution is -0.00632. The molecule has 1 saturated heterocycles. The summed E-state index contributed by atoms with van der Waals surface area (Å²) in [5.74, 6) is 0. The van der Waals surface area contributed by atoms with Gasteiger partial charge in [0.2, 0.25) is 0 Å². The predicted octanol–water partition coefficient (Wildman–Crippen LogP) is 2.26. The average molecular weight is 357 g/mol. The molecule has 1 aliphatic heterocycles. The van der Waals surface area contributed by atoms with Crippen molar-refractivity contribution in [3.8, 4) is 0 Å². The highest BCUT2D eigenvalue weighted by atomic mass is 16.5. The minimum atomic E-state index is -0.00693. The smallest absolute Gasteiger partial charge is 0.0598 e. The number of nitrogens with zero attached hydrogens (tertiary/aromatic N) is 3. The van der Waals surface area contributed by atoms with Gasteiger partial charge < -0.3 is 25.2 Å². The van der Waals surface area contributed by atoms with E-state index in [0.717, 1.165) is 32.5 Å². The van der Waals surface area contributed by atoms with E-state index in [0.29, 0.717) is 0 Å². The van der Waals surface area contributed by atoms with Gasteiger partial charge in [-0.25, -0.2) is 0 Å². The zero-order valence-electron chi connectivity index (χ0n) is 17.4. The molecule has 25 heavy (non-hydrogen) atoms. The molecule has 2 N–H and O–H groups in total. The number of nitrogens with two attached hydrogens (primary N) is 1. The topological polar surface area (TPSA) is 45.0 Å². The van der Waals surface area contributed by atoms with Gasteiger partial charge in [-0.1, -0.05) is 0 Å².